The van der Waals surface area contributed by atoms with Gasteiger partial charge in [0, 0.05) is 19.2 Å². The largest absolute Gasteiger partial charge is 0.350 e. The zero-order valence-corrected chi connectivity index (χ0v) is 10.7. The number of carbonyl (C=O) groups is 1. The van der Waals surface area contributed by atoms with Gasteiger partial charge in [-0.1, -0.05) is 6.92 Å². The zero-order chi connectivity index (χ0) is 13.0. The van der Waals surface area contributed by atoms with Gasteiger partial charge in [0.2, 0.25) is 0 Å². The van der Waals surface area contributed by atoms with E-state index in [2.05, 4.69) is 22.4 Å². The molecule has 1 saturated heterocycles. The van der Waals surface area contributed by atoms with Crippen LogP contribution >= 0.6 is 0 Å². The molecule has 1 aliphatic rings. The molecule has 2 heterocycles. The second kappa shape index (κ2) is 5.49. The number of rotatable bonds is 5. The fourth-order valence-corrected chi connectivity index (χ4v) is 2.12. The summed E-state index contributed by atoms with van der Waals surface area (Å²) in [4.78, 5) is 11.7. The lowest BCUT2D eigenvalue weighted by Gasteiger charge is -2.25. The van der Waals surface area contributed by atoms with Crippen molar-refractivity contribution in [1.29, 1.82) is 0 Å². The molecule has 18 heavy (non-hydrogen) atoms. The number of amides is 1. The van der Waals surface area contributed by atoms with Gasteiger partial charge in [-0.3, -0.25) is 9.89 Å². The minimum absolute atomic E-state index is 0.141. The van der Waals surface area contributed by atoms with Crippen molar-refractivity contribution in [2.24, 2.45) is 5.92 Å². The van der Waals surface area contributed by atoms with E-state index in [4.69, 9.17) is 9.47 Å². The van der Waals surface area contributed by atoms with E-state index in [-0.39, 0.29) is 11.8 Å². The van der Waals surface area contributed by atoms with Crippen molar-refractivity contribution in [3.05, 3.63) is 18.0 Å². The van der Waals surface area contributed by atoms with Gasteiger partial charge in [0.1, 0.15) is 5.69 Å². The normalized spacial score (nSPS) is 19.7. The maximum absolute atomic E-state index is 11.7. The van der Waals surface area contributed by atoms with Crippen LogP contribution in [0, 0.1) is 5.92 Å². The highest BCUT2D eigenvalue weighted by Crippen LogP contribution is 2.26. The van der Waals surface area contributed by atoms with Crippen molar-refractivity contribution >= 4 is 5.91 Å². The summed E-state index contributed by atoms with van der Waals surface area (Å²) in [6.45, 7) is 5.87. The molecule has 0 saturated carbocycles. The second-order valence-electron chi connectivity index (χ2n) is 4.82. The standard InChI is InChI=1S/C12H19N3O3/c1-9(7-12(2)17-5-6-18-12)8-13-11(16)10-3-4-14-15-10/h3-4,9H,5-8H2,1-2H3,(H,13,16)(H,14,15)/t9-/m0/s1. The van der Waals surface area contributed by atoms with Gasteiger partial charge in [-0.15, -0.1) is 0 Å². The SMILES string of the molecule is C[C@H](CNC(=O)c1ccn[nH]1)CC1(C)OCCO1. The molecule has 0 unspecified atom stereocenters. The van der Waals surface area contributed by atoms with Crippen LogP contribution < -0.4 is 5.32 Å². The molecule has 0 aliphatic carbocycles. The van der Waals surface area contributed by atoms with Gasteiger partial charge in [-0.2, -0.15) is 5.10 Å². The molecule has 0 spiro atoms. The van der Waals surface area contributed by atoms with E-state index in [1.165, 1.54) is 0 Å². The molecule has 6 heteroatoms. The van der Waals surface area contributed by atoms with Gasteiger partial charge in [0.25, 0.3) is 5.91 Å². The molecule has 0 aromatic carbocycles. The average Bonchev–Trinajstić information content (AvgIpc) is 2.97. The van der Waals surface area contributed by atoms with Crippen molar-refractivity contribution in [2.75, 3.05) is 19.8 Å². The van der Waals surface area contributed by atoms with E-state index in [1.807, 2.05) is 6.92 Å². The van der Waals surface area contributed by atoms with Crippen molar-refractivity contribution < 1.29 is 14.3 Å². The molecule has 1 aromatic heterocycles. The van der Waals surface area contributed by atoms with Crippen LogP contribution in [0.25, 0.3) is 0 Å². The van der Waals surface area contributed by atoms with Crippen LogP contribution in [-0.4, -0.2) is 41.7 Å². The Labute approximate surface area is 106 Å². The molecule has 1 fully saturated rings. The van der Waals surface area contributed by atoms with E-state index < -0.39 is 5.79 Å². The molecule has 2 N–H and O–H groups in total. The van der Waals surface area contributed by atoms with E-state index >= 15 is 0 Å². The Morgan fingerprint density at radius 3 is 2.94 bits per heavy atom. The van der Waals surface area contributed by atoms with Crippen molar-refractivity contribution in [2.45, 2.75) is 26.1 Å². The number of nitrogens with one attached hydrogen (secondary N) is 2. The molecule has 1 atom stereocenters. The molecule has 100 valence electrons. The lowest BCUT2D eigenvalue weighted by atomic mass is 10.0. The Morgan fingerprint density at radius 1 is 1.61 bits per heavy atom. The lowest BCUT2D eigenvalue weighted by molar-refractivity contribution is -0.153. The maximum atomic E-state index is 11.7. The number of hydrogen-bond acceptors (Lipinski definition) is 4. The number of aromatic nitrogens is 2. The molecular formula is C12H19N3O3. The summed E-state index contributed by atoms with van der Waals surface area (Å²) in [6, 6.07) is 1.64. The molecule has 1 amide bonds. The summed E-state index contributed by atoms with van der Waals surface area (Å²) < 4.78 is 11.1. The first kappa shape index (κ1) is 13.0. The minimum atomic E-state index is -0.502. The summed E-state index contributed by atoms with van der Waals surface area (Å²) in [6.07, 6.45) is 2.32. The van der Waals surface area contributed by atoms with Crippen LogP contribution in [0.1, 0.15) is 30.8 Å². The van der Waals surface area contributed by atoms with E-state index in [0.717, 1.165) is 6.42 Å². The number of hydrogen-bond donors (Lipinski definition) is 2. The third kappa shape index (κ3) is 3.30. The maximum Gasteiger partial charge on any atom is 0.269 e. The van der Waals surface area contributed by atoms with Crippen LogP contribution in [0.4, 0.5) is 0 Å². The molecule has 0 bridgehead atoms. The van der Waals surface area contributed by atoms with Crippen LogP contribution in [0.15, 0.2) is 12.3 Å². The number of nitrogens with zero attached hydrogens (tertiary/aromatic N) is 1. The quantitative estimate of drug-likeness (QED) is 0.818. The minimum Gasteiger partial charge on any atom is -0.350 e. The predicted molar refractivity (Wildman–Crippen MR) is 65.0 cm³/mol. The third-order valence-electron chi connectivity index (χ3n) is 2.97. The average molecular weight is 253 g/mol. The number of ether oxygens (including phenoxy) is 2. The van der Waals surface area contributed by atoms with Gasteiger partial charge >= 0.3 is 0 Å². The number of aromatic amines is 1. The predicted octanol–water partition coefficient (Wildman–Crippen LogP) is 0.929. The molecule has 1 aliphatic heterocycles. The highest BCUT2D eigenvalue weighted by atomic mass is 16.7. The lowest BCUT2D eigenvalue weighted by Crippen LogP contribution is -2.34. The van der Waals surface area contributed by atoms with E-state index in [1.54, 1.807) is 12.3 Å². The zero-order valence-electron chi connectivity index (χ0n) is 10.7. The van der Waals surface area contributed by atoms with Gasteiger partial charge < -0.3 is 14.8 Å². The van der Waals surface area contributed by atoms with Gasteiger partial charge in [-0.25, -0.2) is 0 Å². The van der Waals surface area contributed by atoms with Crippen LogP contribution in [0.5, 0.6) is 0 Å². The Kier molecular flexibility index (Phi) is 3.98. The van der Waals surface area contributed by atoms with Crippen LogP contribution in [0.2, 0.25) is 0 Å². The van der Waals surface area contributed by atoms with Crippen molar-refractivity contribution in [1.82, 2.24) is 15.5 Å². The molecule has 2 rings (SSSR count). The van der Waals surface area contributed by atoms with Crippen molar-refractivity contribution in [3.63, 3.8) is 0 Å². The van der Waals surface area contributed by atoms with Gasteiger partial charge in [0.15, 0.2) is 5.79 Å². The van der Waals surface area contributed by atoms with Gasteiger partial charge in [-0.05, 0) is 18.9 Å². The third-order valence-corrected chi connectivity index (χ3v) is 2.97. The molecule has 1 aromatic rings. The fourth-order valence-electron chi connectivity index (χ4n) is 2.12. The first-order valence-electron chi connectivity index (χ1n) is 6.14. The number of carbonyl (C=O) groups excluding carboxylic acids is 1. The topological polar surface area (TPSA) is 76.2 Å². The molecule has 0 radical (unpaired) electrons. The highest BCUT2D eigenvalue weighted by molar-refractivity contribution is 5.92. The Bertz CT molecular complexity index is 385. The van der Waals surface area contributed by atoms with E-state index in [0.29, 0.717) is 25.5 Å². The summed E-state index contributed by atoms with van der Waals surface area (Å²) in [5, 5.41) is 9.22. The summed E-state index contributed by atoms with van der Waals surface area (Å²) in [7, 11) is 0. The molecule has 6 nitrogen and oxygen atoms in total. The Morgan fingerprint density at radius 2 is 2.33 bits per heavy atom. The van der Waals surface area contributed by atoms with Crippen LogP contribution in [0.3, 0.4) is 0 Å². The monoisotopic (exact) mass is 253 g/mol. The molecular weight excluding hydrogens is 234 g/mol. The summed E-state index contributed by atoms with van der Waals surface area (Å²) >= 11 is 0. The summed E-state index contributed by atoms with van der Waals surface area (Å²) in [5.41, 5.74) is 0.474. The Hall–Kier alpha value is -1.40. The smallest absolute Gasteiger partial charge is 0.269 e. The number of H-pyrrole nitrogens is 1. The first-order valence-corrected chi connectivity index (χ1v) is 6.14. The first-order chi connectivity index (χ1) is 8.59. The summed E-state index contributed by atoms with van der Waals surface area (Å²) in [5.74, 6) is -0.365. The van der Waals surface area contributed by atoms with Crippen LogP contribution in [-0.2, 0) is 9.47 Å². The van der Waals surface area contributed by atoms with Crippen molar-refractivity contribution in [3.8, 4) is 0 Å². The fraction of sp³-hybridized carbons (Fsp3) is 0.667. The van der Waals surface area contributed by atoms with E-state index in [9.17, 15) is 4.79 Å². The Balaban J connectivity index is 1.74. The van der Waals surface area contributed by atoms with Gasteiger partial charge in [0.05, 0.1) is 13.2 Å². The highest BCUT2D eigenvalue weighted by Gasteiger charge is 2.32. The second-order valence-corrected chi connectivity index (χ2v) is 4.82.